The molecule has 5 nitrogen and oxygen atoms in total. The highest BCUT2D eigenvalue weighted by Crippen LogP contribution is 2.34. The minimum atomic E-state index is -0.958. The molecule has 1 fully saturated rings. The van der Waals surface area contributed by atoms with Crippen LogP contribution in [0.5, 0.6) is 0 Å². The minimum Gasteiger partial charge on any atom is -0.481 e. The molecule has 0 aromatic rings. The third-order valence-electron chi connectivity index (χ3n) is 3.06. The topological polar surface area (TPSA) is 66.8 Å². The van der Waals surface area contributed by atoms with Gasteiger partial charge in [0.2, 0.25) is 0 Å². The second-order valence-corrected chi connectivity index (χ2v) is 5.84. The molecule has 0 aromatic heterocycles. The summed E-state index contributed by atoms with van der Waals surface area (Å²) < 4.78 is 5.26. The zero-order valence-corrected chi connectivity index (χ0v) is 11.9. The van der Waals surface area contributed by atoms with Gasteiger partial charge in [0.25, 0.3) is 0 Å². The van der Waals surface area contributed by atoms with Gasteiger partial charge in [-0.2, -0.15) is 0 Å². The molecule has 1 unspecified atom stereocenters. The van der Waals surface area contributed by atoms with Crippen molar-refractivity contribution in [1.82, 2.24) is 4.90 Å². The van der Waals surface area contributed by atoms with Gasteiger partial charge in [-0.1, -0.05) is 0 Å². The van der Waals surface area contributed by atoms with Crippen molar-refractivity contribution in [3.63, 3.8) is 0 Å². The molecule has 1 rings (SSSR count). The van der Waals surface area contributed by atoms with E-state index in [0.29, 0.717) is 13.0 Å². The van der Waals surface area contributed by atoms with Crippen molar-refractivity contribution >= 4 is 12.1 Å². The second-order valence-electron chi connectivity index (χ2n) is 5.84. The molecule has 1 saturated heterocycles. The Morgan fingerprint density at radius 1 is 1.42 bits per heavy atom. The predicted molar refractivity (Wildman–Crippen MR) is 70.6 cm³/mol. The third kappa shape index (κ3) is 3.88. The standard InChI is InChI=1S/C14H21NO4/c1-5-6-7-14(11(16)17)8-9-15(10-14)12(18)19-13(2,3)4/h7-10H2,1-4H3,(H,16,17). The lowest BCUT2D eigenvalue weighted by Gasteiger charge is -2.26. The summed E-state index contributed by atoms with van der Waals surface area (Å²) in [5.74, 6) is 4.62. The SMILES string of the molecule is CC#CCC1(C(=O)O)CCN(C(=O)OC(C)(C)C)C1. The van der Waals surface area contributed by atoms with Crippen molar-refractivity contribution in [1.29, 1.82) is 0 Å². The van der Waals surface area contributed by atoms with Crippen LogP contribution in [0.15, 0.2) is 0 Å². The number of carboxylic acid groups (broad SMARTS) is 1. The number of likely N-dealkylation sites (tertiary alicyclic amines) is 1. The molecule has 19 heavy (non-hydrogen) atoms. The molecule has 0 aromatic carbocycles. The highest BCUT2D eigenvalue weighted by molar-refractivity contribution is 5.78. The summed E-state index contributed by atoms with van der Waals surface area (Å²) in [4.78, 5) is 24.8. The van der Waals surface area contributed by atoms with Crippen LogP contribution in [0.4, 0.5) is 4.79 Å². The first-order valence-corrected chi connectivity index (χ1v) is 6.31. The lowest BCUT2D eigenvalue weighted by molar-refractivity contribution is -0.147. The molecular weight excluding hydrogens is 246 g/mol. The third-order valence-corrected chi connectivity index (χ3v) is 3.06. The van der Waals surface area contributed by atoms with Crippen LogP contribution in [-0.2, 0) is 9.53 Å². The van der Waals surface area contributed by atoms with Gasteiger partial charge >= 0.3 is 12.1 Å². The molecule has 1 amide bonds. The van der Waals surface area contributed by atoms with Gasteiger partial charge in [-0.25, -0.2) is 4.79 Å². The summed E-state index contributed by atoms with van der Waals surface area (Å²) in [5.41, 5.74) is -1.53. The molecule has 1 atom stereocenters. The Balaban J connectivity index is 2.76. The summed E-state index contributed by atoms with van der Waals surface area (Å²) in [7, 11) is 0. The lowest BCUT2D eigenvalue weighted by atomic mass is 9.84. The van der Waals surface area contributed by atoms with E-state index >= 15 is 0 Å². The minimum absolute atomic E-state index is 0.159. The van der Waals surface area contributed by atoms with Gasteiger partial charge in [-0.3, -0.25) is 4.79 Å². The van der Waals surface area contributed by atoms with Crippen LogP contribution in [0.1, 0.15) is 40.5 Å². The highest BCUT2D eigenvalue weighted by atomic mass is 16.6. The van der Waals surface area contributed by atoms with Gasteiger partial charge in [0.15, 0.2) is 0 Å². The van der Waals surface area contributed by atoms with E-state index in [2.05, 4.69) is 11.8 Å². The quantitative estimate of drug-likeness (QED) is 0.778. The van der Waals surface area contributed by atoms with Gasteiger partial charge in [-0.05, 0) is 34.1 Å². The fraction of sp³-hybridized carbons (Fsp3) is 0.714. The van der Waals surface area contributed by atoms with Gasteiger partial charge in [0, 0.05) is 19.5 Å². The van der Waals surface area contributed by atoms with Crippen molar-refractivity contribution in [2.24, 2.45) is 5.41 Å². The zero-order chi connectivity index (χ0) is 14.7. The number of carbonyl (C=O) groups is 2. The fourth-order valence-corrected chi connectivity index (χ4v) is 2.01. The Morgan fingerprint density at radius 3 is 2.53 bits per heavy atom. The first kappa shape index (κ1) is 15.4. The summed E-state index contributed by atoms with van der Waals surface area (Å²) in [6, 6.07) is 0. The van der Waals surface area contributed by atoms with Crippen molar-refractivity contribution in [3.8, 4) is 11.8 Å². The predicted octanol–water partition coefficient (Wildman–Crippen LogP) is 2.11. The molecule has 1 aliphatic heterocycles. The normalized spacial score (nSPS) is 22.6. The largest absolute Gasteiger partial charge is 0.481 e. The van der Waals surface area contributed by atoms with Gasteiger partial charge in [0.1, 0.15) is 5.60 Å². The van der Waals surface area contributed by atoms with Crippen molar-refractivity contribution in [2.75, 3.05) is 13.1 Å². The maximum atomic E-state index is 11.9. The maximum Gasteiger partial charge on any atom is 0.410 e. The van der Waals surface area contributed by atoms with Crippen molar-refractivity contribution in [3.05, 3.63) is 0 Å². The number of ether oxygens (including phenoxy) is 1. The molecule has 0 aliphatic carbocycles. The van der Waals surface area contributed by atoms with E-state index in [1.807, 2.05) is 0 Å². The summed E-state index contributed by atoms with van der Waals surface area (Å²) in [5, 5.41) is 9.38. The Hall–Kier alpha value is -1.70. The molecule has 0 radical (unpaired) electrons. The van der Waals surface area contributed by atoms with Crippen LogP contribution in [-0.4, -0.2) is 40.8 Å². The Bertz CT molecular complexity index is 427. The first-order chi connectivity index (χ1) is 8.70. The summed E-state index contributed by atoms with van der Waals surface area (Å²) in [6.07, 6.45) is 0.217. The fourth-order valence-electron chi connectivity index (χ4n) is 2.01. The van der Waals surface area contributed by atoms with E-state index < -0.39 is 23.1 Å². The number of nitrogens with zero attached hydrogens (tertiary/aromatic N) is 1. The highest BCUT2D eigenvalue weighted by Gasteiger charge is 2.46. The molecular formula is C14H21NO4. The van der Waals surface area contributed by atoms with Crippen LogP contribution in [0, 0.1) is 17.3 Å². The monoisotopic (exact) mass is 267 g/mol. The zero-order valence-electron chi connectivity index (χ0n) is 11.9. The van der Waals surface area contributed by atoms with Gasteiger partial charge < -0.3 is 14.7 Å². The van der Waals surface area contributed by atoms with E-state index in [9.17, 15) is 14.7 Å². The number of amides is 1. The number of carboxylic acids is 1. The number of carbonyl (C=O) groups excluding carboxylic acids is 1. The molecule has 106 valence electrons. The smallest absolute Gasteiger partial charge is 0.410 e. The maximum absolute atomic E-state index is 11.9. The molecule has 1 aliphatic rings. The molecule has 0 bridgehead atoms. The number of rotatable bonds is 2. The van der Waals surface area contributed by atoms with E-state index in [-0.39, 0.29) is 13.0 Å². The molecule has 1 heterocycles. The van der Waals surface area contributed by atoms with E-state index in [0.717, 1.165) is 0 Å². The average Bonchev–Trinajstić information content (AvgIpc) is 2.69. The molecule has 5 heteroatoms. The molecule has 1 N–H and O–H groups in total. The van der Waals surface area contributed by atoms with E-state index in [1.165, 1.54) is 4.90 Å². The lowest BCUT2D eigenvalue weighted by Crippen LogP contribution is -2.39. The number of hydrogen-bond acceptors (Lipinski definition) is 3. The molecule has 0 saturated carbocycles. The van der Waals surface area contributed by atoms with Crippen molar-refractivity contribution in [2.45, 2.75) is 46.1 Å². The first-order valence-electron chi connectivity index (χ1n) is 6.31. The Labute approximate surface area is 113 Å². The number of hydrogen-bond donors (Lipinski definition) is 1. The van der Waals surface area contributed by atoms with Crippen LogP contribution < -0.4 is 0 Å². The van der Waals surface area contributed by atoms with Crippen LogP contribution in [0.3, 0.4) is 0 Å². The second kappa shape index (κ2) is 5.52. The molecule has 0 spiro atoms. The number of aliphatic carboxylic acids is 1. The average molecular weight is 267 g/mol. The van der Waals surface area contributed by atoms with E-state index in [4.69, 9.17) is 4.74 Å². The Morgan fingerprint density at radius 2 is 2.05 bits per heavy atom. The van der Waals surface area contributed by atoms with Crippen LogP contribution >= 0.6 is 0 Å². The van der Waals surface area contributed by atoms with E-state index in [1.54, 1.807) is 27.7 Å². The summed E-state index contributed by atoms with van der Waals surface area (Å²) in [6.45, 7) is 7.59. The Kier molecular flexibility index (Phi) is 4.46. The van der Waals surface area contributed by atoms with Gasteiger partial charge in [0.05, 0.1) is 5.41 Å². The van der Waals surface area contributed by atoms with Crippen molar-refractivity contribution < 1.29 is 19.4 Å². The van der Waals surface area contributed by atoms with Gasteiger partial charge in [-0.15, -0.1) is 11.8 Å². The summed E-state index contributed by atoms with van der Waals surface area (Å²) >= 11 is 0. The van der Waals surface area contributed by atoms with Crippen LogP contribution in [0.25, 0.3) is 0 Å². The van der Waals surface area contributed by atoms with Crippen LogP contribution in [0.2, 0.25) is 0 Å².